The van der Waals surface area contributed by atoms with E-state index in [1.54, 1.807) is 18.2 Å². The van der Waals surface area contributed by atoms with E-state index in [1.165, 1.54) is 18.2 Å². The van der Waals surface area contributed by atoms with Crippen molar-refractivity contribution in [1.29, 1.82) is 0 Å². The molecule has 0 fully saturated rings. The van der Waals surface area contributed by atoms with Crippen LogP contribution >= 0.6 is 11.6 Å². The van der Waals surface area contributed by atoms with Crippen LogP contribution in [0.25, 0.3) is 17.0 Å². The summed E-state index contributed by atoms with van der Waals surface area (Å²) in [6.45, 7) is 0. The fraction of sp³-hybridized carbons (Fsp3) is 0. The summed E-state index contributed by atoms with van der Waals surface area (Å²) in [4.78, 5) is 12.4. The summed E-state index contributed by atoms with van der Waals surface area (Å²) in [5.74, 6) is -0.647. The van der Waals surface area contributed by atoms with E-state index in [0.29, 0.717) is 11.5 Å². The molecule has 0 aliphatic rings. The zero-order valence-electron chi connectivity index (χ0n) is 13.4. The van der Waals surface area contributed by atoms with E-state index in [4.69, 9.17) is 11.6 Å². The van der Waals surface area contributed by atoms with Gasteiger partial charge in [-0.3, -0.25) is 9.20 Å². The molecule has 0 saturated carbocycles. The van der Waals surface area contributed by atoms with Crippen LogP contribution in [-0.2, 0) is 0 Å². The summed E-state index contributed by atoms with van der Waals surface area (Å²) in [6.07, 6.45) is 1.86. The second-order valence-corrected chi connectivity index (χ2v) is 5.99. The molecule has 2 aromatic heterocycles. The molecule has 0 bridgehead atoms. The second kappa shape index (κ2) is 6.57. The highest BCUT2D eigenvalue weighted by atomic mass is 35.5. The average Bonchev–Trinajstić information content (AvgIpc) is 3.06. The maximum Gasteiger partial charge on any atom is 0.260 e. The Morgan fingerprint density at radius 1 is 1.04 bits per heavy atom. The van der Waals surface area contributed by atoms with Gasteiger partial charge in [0.1, 0.15) is 5.82 Å². The Kier molecular flexibility index (Phi) is 4.10. The van der Waals surface area contributed by atoms with Crippen LogP contribution in [0.1, 0.15) is 10.4 Å². The number of nitrogens with zero attached hydrogens (tertiary/aromatic N) is 3. The molecule has 26 heavy (non-hydrogen) atoms. The van der Waals surface area contributed by atoms with Gasteiger partial charge in [-0.25, -0.2) is 4.39 Å². The molecule has 128 valence electrons. The predicted molar refractivity (Wildman–Crippen MR) is 97.8 cm³/mol. The highest BCUT2D eigenvalue weighted by Crippen LogP contribution is 2.24. The number of aromatic nitrogens is 3. The van der Waals surface area contributed by atoms with E-state index in [2.05, 4.69) is 15.5 Å². The van der Waals surface area contributed by atoms with Gasteiger partial charge in [-0.05, 0) is 36.4 Å². The second-order valence-electron chi connectivity index (χ2n) is 5.58. The number of anilines is 1. The number of rotatable bonds is 3. The van der Waals surface area contributed by atoms with Crippen molar-refractivity contribution in [2.75, 3.05) is 5.32 Å². The summed E-state index contributed by atoms with van der Waals surface area (Å²) in [5, 5.41) is 11.0. The standard InChI is InChI=1S/C19H12ClFN4O/c20-14-7-4-8-15(21)17(14)19(26)22-13-6-3-5-12(11-13)18-24-23-16-9-1-2-10-25(16)18/h1-11H,(H,22,26). The number of amides is 1. The highest BCUT2D eigenvalue weighted by Gasteiger charge is 2.16. The van der Waals surface area contributed by atoms with Crippen molar-refractivity contribution < 1.29 is 9.18 Å². The minimum absolute atomic E-state index is 0.0575. The van der Waals surface area contributed by atoms with Crippen LogP contribution < -0.4 is 5.32 Å². The normalized spacial score (nSPS) is 10.8. The van der Waals surface area contributed by atoms with Gasteiger partial charge in [0.2, 0.25) is 0 Å². The van der Waals surface area contributed by atoms with Crippen molar-refractivity contribution in [2.24, 2.45) is 0 Å². The van der Waals surface area contributed by atoms with Crippen LogP contribution in [-0.4, -0.2) is 20.5 Å². The molecular weight excluding hydrogens is 355 g/mol. The fourth-order valence-corrected chi connectivity index (χ4v) is 2.93. The molecule has 0 radical (unpaired) electrons. The van der Waals surface area contributed by atoms with Crippen LogP contribution in [0.5, 0.6) is 0 Å². The number of carbonyl (C=O) groups is 1. The zero-order valence-corrected chi connectivity index (χ0v) is 14.1. The average molecular weight is 367 g/mol. The highest BCUT2D eigenvalue weighted by molar-refractivity contribution is 6.34. The van der Waals surface area contributed by atoms with Crippen molar-refractivity contribution in [1.82, 2.24) is 14.6 Å². The minimum atomic E-state index is -0.672. The molecule has 0 atom stereocenters. The first-order valence-corrected chi connectivity index (χ1v) is 8.17. The smallest absolute Gasteiger partial charge is 0.260 e. The fourth-order valence-electron chi connectivity index (χ4n) is 2.68. The molecule has 1 N–H and O–H groups in total. The van der Waals surface area contributed by atoms with Crippen molar-refractivity contribution in [2.45, 2.75) is 0 Å². The summed E-state index contributed by atoms with van der Waals surface area (Å²) in [7, 11) is 0. The van der Waals surface area contributed by atoms with Gasteiger partial charge in [-0.15, -0.1) is 10.2 Å². The van der Waals surface area contributed by atoms with E-state index in [0.717, 1.165) is 11.2 Å². The quantitative estimate of drug-likeness (QED) is 0.583. The van der Waals surface area contributed by atoms with Crippen molar-refractivity contribution >= 4 is 28.8 Å². The molecule has 0 aliphatic carbocycles. The molecule has 2 aromatic carbocycles. The van der Waals surface area contributed by atoms with Gasteiger partial charge in [0, 0.05) is 17.4 Å². The Balaban J connectivity index is 1.67. The van der Waals surface area contributed by atoms with Crippen molar-refractivity contribution in [3.8, 4) is 11.4 Å². The first-order valence-electron chi connectivity index (χ1n) is 7.79. The van der Waals surface area contributed by atoms with Gasteiger partial charge in [0.25, 0.3) is 5.91 Å². The summed E-state index contributed by atoms with van der Waals surface area (Å²) in [6, 6.07) is 16.8. The van der Waals surface area contributed by atoms with E-state index < -0.39 is 11.7 Å². The monoisotopic (exact) mass is 366 g/mol. The van der Waals surface area contributed by atoms with Gasteiger partial charge >= 0.3 is 0 Å². The van der Waals surface area contributed by atoms with Gasteiger partial charge in [-0.2, -0.15) is 0 Å². The van der Waals surface area contributed by atoms with Crippen LogP contribution in [0.3, 0.4) is 0 Å². The van der Waals surface area contributed by atoms with Gasteiger partial charge < -0.3 is 5.32 Å². The third-order valence-corrected chi connectivity index (χ3v) is 4.20. The van der Waals surface area contributed by atoms with Gasteiger partial charge in [-0.1, -0.05) is 35.9 Å². The number of nitrogens with one attached hydrogen (secondary N) is 1. The molecule has 4 rings (SSSR count). The molecule has 0 spiro atoms. The van der Waals surface area contributed by atoms with E-state index in [1.807, 2.05) is 34.9 Å². The van der Waals surface area contributed by atoms with E-state index >= 15 is 0 Å². The van der Waals surface area contributed by atoms with Gasteiger partial charge in [0.15, 0.2) is 11.5 Å². The topological polar surface area (TPSA) is 59.3 Å². The predicted octanol–water partition coefficient (Wildman–Crippen LogP) is 4.44. The number of fused-ring (bicyclic) bond motifs is 1. The van der Waals surface area contributed by atoms with Crippen LogP contribution in [0, 0.1) is 5.82 Å². The summed E-state index contributed by atoms with van der Waals surface area (Å²) >= 11 is 5.95. The van der Waals surface area contributed by atoms with Crippen molar-refractivity contribution in [3.63, 3.8) is 0 Å². The van der Waals surface area contributed by atoms with E-state index in [9.17, 15) is 9.18 Å². The molecule has 2 heterocycles. The molecule has 4 aromatic rings. The number of benzene rings is 2. The third kappa shape index (κ3) is 2.91. The largest absolute Gasteiger partial charge is 0.322 e. The van der Waals surface area contributed by atoms with E-state index in [-0.39, 0.29) is 10.6 Å². The zero-order chi connectivity index (χ0) is 18.1. The summed E-state index contributed by atoms with van der Waals surface area (Å²) < 4.78 is 15.8. The molecule has 7 heteroatoms. The first-order chi connectivity index (χ1) is 12.6. The molecule has 0 unspecified atom stereocenters. The maximum atomic E-state index is 13.9. The van der Waals surface area contributed by atoms with Crippen molar-refractivity contribution in [3.05, 3.63) is 83.3 Å². The Morgan fingerprint density at radius 3 is 2.73 bits per heavy atom. The number of halogens is 2. The molecule has 5 nitrogen and oxygen atoms in total. The number of pyridine rings is 1. The third-order valence-electron chi connectivity index (χ3n) is 3.88. The Hall–Kier alpha value is -3.25. The van der Waals surface area contributed by atoms with Crippen LogP contribution in [0.15, 0.2) is 66.9 Å². The lowest BCUT2D eigenvalue weighted by molar-refractivity contribution is 0.102. The molecule has 0 saturated heterocycles. The Morgan fingerprint density at radius 2 is 1.88 bits per heavy atom. The molecular formula is C19H12ClFN4O. The number of hydrogen-bond acceptors (Lipinski definition) is 3. The molecule has 0 aliphatic heterocycles. The van der Waals surface area contributed by atoms with Crippen LogP contribution in [0.4, 0.5) is 10.1 Å². The number of carbonyl (C=O) groups excluding carboxylic acids is 1. The minimum Gasteiger partial charge on any atom is -0.322 e. The Bertz CT molecular complexity index is 1110. The number of hydrogen-bond donors (Lipinski definition) is 1. The lowest BCUT2D eigenvalue weighted by Gasteiger charge is -2.09. The first kappa shape index (κ1) is 16.2. The lowest BCUT2D eigenvalue weighted by Crippen LogP contribution is -2.14. The molecule has 1 amide bonds. The Labute approximate surface area is 153 Å². The SMILES string of the molecule is O=C(Nc1cccc(-c2nnc3ccccn23)c1)c1c(F)cccc1Cl. The summed E-state index contributed by atoms with van der Waals surface area (Å²) in [5.41, 5.74) is 1.79. The van der Waals surface area contributed by atoms with Crippen LogP contribution in [0.2, 0.25) is 5.02 Å². The lowest BCUT2D eigenvalue weighted by atomic mass is 10.1. The maximum absolute atomic E-state index is 13.9. The van der Waals surface area contributed by atoms with Gasteiger partial charge in [0.05, 0.1) is 10.6 Å².